The number of nitrogens with zero attached hydrogens (tertiary/aromatic N) is 6. The summed E-state index contributed by atoms with van der Waals surface area (Å²) in [4.78, 5) is 15.8. The van der Waals surface area contributed by atoms with Gasteiger partial charge in [0.1, 0.15) is 6.10 Å². The van der Waals surface area contributed by atoms with E-state index in [4.69, 9.17) is 4.74 Å². The van der Waals surface area contributed by atoms with Gasteiger partial charge < -0.3 is 4.74 Å². The molecule has 7 nitrogen and oxygen atoms in total. The summed E-state index contributed by atoms with van der Waals surface area (Å²) in [5.74, 6) is 0. The monoisotopic (exact) mass is 338 g/mol. The van der Waals surface area contributed by atoms with E-state index >= 15 is 0 Å². The Morgan fingerprint density at radius 1 is 1.12 bits per heavy atom. The van der Waals surface area contributed by atoms with Crippen molar-refractivity contribution in [1.82, 2.24) is 29.5 Å². The Labute approximate surface area is 146 Å². The maximum Gasteiger partial charge on any atom is 0.159 e. The molecule has 0 saturated carbocycles. The van der Waals surface area contributed by atoms with Gasteiger partial charge in [-0.2, -0.15) is 5.10 Å². The molecule has 25 heavy (non-hydrogen) atoms. The highest BCUT2D eigenvalue weighted by atomic mass is 16.5. The zero-order valence-corrected chi connectivity index (χ0v) is 14.8. The lowest BCUT2D eigenvalue weighted by Crippen LogP contribution is -2.38. The second kappa shape index (κ2) is 6.50. The van der Waals surface area contributed by atoms with Crippen molar-refractivity contribution in [2.24, 2.45) is 0 Å². The number of aryl methyl sites for hydroxylation is 3. The first-order valence-electron chi connectivity index (χ1n) is 8.53. The van der Waals surface area contributed by atoms with Gasteiger partial charge in [0.05, 0.1) is 30.4 Å². The van der Waals surface area contributed by atoms with Crippen molar-refractivity contribution in [1.29, 1.82) is 0 Å². The summed E-state index contributed by atoms with van der Waals surface area (Å²) in [6, 6.07) is 2.05. The van der Waals surface area contributed by atoms with E-state index in [2.05, 4.69) is 31.9 Å². The van der Waals surface area contributed by atoms with Crippen LogP contribution in [0.15, 0.2) is 24.7 Å². The van der Waals surface area contributed by atoms with Gasteiger partial charge in [-0.15, -0.1) is 0 Å². The number of ether oxygens (including phenoxy) is 1. The lowest BCUT2D eigenvalue weighted by Gasteiger charge is -2.32. The highest BCUT2D eigenvalue weighted by Gasteiger charge is 2.24. The first kappa shape index (κ1) is 16.1. The Morgan fingerprint density at radius 2 is 2.00 bits per heavy atom. The number of hydrogen-bond donors (Lipinski definition) is 0. The predicted molar refractivity (Wildman–Crippen MR) is 93.2 cm³/mol. The molecule has 0 spiro atoms. The van der Waals surface area contributed by atoms with Gasteiger partial charge in [-0.25, -0.2) is 9.50 Å². The van der Waals surface area contributed by atoms with Crippen LogP contribution in [0.3, 0.4) is 0 Å². The summed E-state index contributed by atoms with van der Waals surface area (Å²) in [5, 5.41) is 4.49. The van der Waals surface area contributed by atoms with E-state index in [1.807, 2.05) is 36.8 Å². The molecule has 0 amide bonds. The van der Waals surface area contributed by atoms with Crippen LogP contribution in [0.5, 0.6) is 0 Å². The van der Waals surface area contributed by atoms with Gasteiger partial charge in [0.2, 0.25) is 0 Å². The average Bonchev–Trinajstić information content (AvgIpc) is 2.99. The minimum atomic E-state index is -0.0416. The SMILES string of the molecule is Cc1cnc(C2CN(Cc3cnn4c(C)cc(C)nc34)CCO2)cn1. The Balaban J connectivity index is 1.54. The minimum Gasteiger partial charge on any atom is -0.369 e. The Morgan fingerprint density at radius 3 is 2.80 bits per heavy atom. The maximum absolute atomic E-state index is 5.90. The van der Waals surface area contributed by atoms with E-state index in [1.54, 1.807) is 6.20 Å². The quantitative estimate of drug-likeness (QED) is 0.728. The van der Waals surface area contributed by atoms with Crippen molar-refractivity contribution < 1.29 is 4.74 Å². The van der Waals surface area contributed by atoms with Gasteiger partial charge >= 0.3 is 0 Å². The molecule has 1 atom stereocenters. The van der Waals surface area contributed by atoms with Crippen molar-refractivity contribution in [2.45, 2.75) is 33.4 Å². The minimum absolute atomic E-state index is 0.0416. The van der Waals surface area contributed by atoms with Gasteiger partial charge in [0.15, 0.2) is 5.65 Å². The van der Waals surface area contributed by atoms with E-state index in [1.165, 1.54) is 0 Å². The number of rotatable bonds is 3. The molecule has 1 unspecified atom stereocenters. The summed E-state index contributed by atoms with van der Waals surface area (Å²) in [6.07, 6.45) is 5.48. The lowest BCUT2D eigenvalue weighted by atomic mass is 10.2. The van der Waals surface area contributed by atoms with Crippen LogP contribution < -0.4 is 0 Å². The Bertz CT molecular complexity index is 888. The second-order valence-corrected chi connectivity index (χ2v) is 6.62. The average molecular weight is 338 g/mol. The fourth-order valence-corrected chi connectivity index (χ4v) is 3.26. The van der Waals surface area contributed by atoms with Crippen LogP contribution in [0.1, 0.15) is 34.4 Å². The van der Waals surface area contributed by atoms with Crippen LogP contribution in [-0.4, -0.2) is 49.2 Å². The van der Waals surface area contributed by atoms with Gasteiger partial charge in [0, 0.05) is 42.8 Å². The Kier molecular flexibility index (Phi) is 4.19. The normalized spacial score (nSPS) is 18.8. The van der Waals surface area contributed by atoms with Gasteiger partial charge in [-0.1, -0.05) is 0 Å². The molecule has 1 aliphatic heterocycles. The summed E-state index contributed by atoms with van der Waals surface area (Å²) >= 11 is 0. The molecule has 0 bridgehead atoms. The van der Waals surface area contributed by atoms with Crippen LogP contribution in [-0.2, 0) is 11.3 Å². The molecule has 1 fully saturated rings. The van der Waals surface area contributed by atoms with Crippen LogP contribution in [0.2, 0.25) is 0 Å². The summed E-state index contributed by atoms with van der Waals surface area (Å²) in [6.45, 7) is 9.18. The van der Waals surface area contributed by atoms with Crippen molar-refractivity contribution >= 4 is 5.65 Å². The molecule has 130 valence electrons. The molecule has 3 aromatic rings. The largest absolute Gasteiger partial charge is 0.369 e. The predicted octanol–water partition coefficient (Wildman–Crippen LogP) is 2.02. The van der Waals surface area contributed by atoms with E-state index in [9.17, 15) is 0 Å². The number of fused-ring (bicyclic) bond motifs is 1. The molecule has 1 saturated heterocycles. The van der Waals surface area contributed by atoms with E-state index in [0.717, 1.165) is 53.6 Å². The molecule has 3 aromatic heterocycles. The highest BCUT2D eigenvalue weighted by Crippen LogP contribution is 2.22. The molecule has 1 aliphatic rings. The van der Waals surface area contributed by atoms with Crippen LogP contribution in [0.4, 0.5) is 0 Å². The molecule has 4 heterocycles. The van der Waals surface area contributed by atoms with Crippen LogP contribution in [0.25, 0.3) is 5.65 Å². The third-order valence-electron chi connectivity index (χ3n) is 4.53. The van der Waals surface area contributed by atoms with Gasteiger partial charge in [-0.3, -0.25) is 14.9 Å². The van der Waals surface area contributed by atoms with Gasteiger partial charge in [-0.05, 0) is 26.8 Å². The van der Waals surface area contributed by atoms with Crippen molar-refractivity contribution in [3.63, 3.8) is 0 Å². The smallest absolute Gasteiger partial charge is 0.159 e. The molecule has 0 N–H and O–H groups in total. The standard InChI is InChI=1S/C18H22N6O/c1-12-6-14(3)24-18(22-12)15(8-21-24)10-23-4-5-25-17(11-23)16-9-19-13(2)7-20-16/h6-9,17H,4-5,10-11H2,1-3H3. The molecule has 0 aliphatic carbocycles. The van der Waals surface area contributed by atoms with Crippen molar-refractivity contribution in [3.05, 3.63) is 53.0 Å². The summed E-state index contributed by atoms with van der Waals surface area (Å²) in [5.41, 5.74) is 6.00. The zero-order chi connectivity index (χ0) is 17.4. The van der Waals surface area contributed by atoms with E-state index in [-0.39, 0.29) is 6.10 Å². The fraction of sp³-hybridized carbons (Fsp3) is 0.444. The van der Waals surface area contributed by atoms with E-state index in [0.29, 0.717) is 6.61 Å². The second-order valence-electron chi connectivity index (χ2n) is 6.62. The summed E-state index contributed by atoms with van der Waals surface area (Å²) in [7, 11) is 0. The maximum atomic E-state index is 5.90. The number of hydrogen-bond acceptors (Lipinski definition) is 6. The van der Waals surface area contributed by atoms with Crippen molar-refractivity contribution in [2.75, 3.05) is 19.7 Å². The van der Waals surface area contributed by atoms with Crippen molar-refractivity contribution in [3.8, 4) is 0 Å². The zero-order valence-electron chi connectivity index (χ0n) is 14.8. The first-order chi connectivity index (χ1) is 12.1. The van der Waals surface area contributed by atoms with Gasteiger partial charge in [0.25, 0.3) is 0 Å². The topological polar surface area (TPSA) is 68.4 Å². The number of morpholine rings is 1. The molecule has 4 rings (SSSR count). The molecule has 7 heteroatoms. The summed E-state index contributed by atoms with van der Waals surface area (Å²) < 4.78 is 7.81. The van der Waals surface area contributed by atoms with Crippen LogP contribution >= 0.6 is 0 Å². The highest BCUT2D eigenvalue weighted by molar-refractivity contribution is 5.47. The third kappa shape index (κ3) is 3.25. The lowest BCUT2D eigenvalue weighted by molar-refractivity contribution is -0.0350. The number of aromatic nitrogens is 5. The van der Waals surface area contributed by atoms with Crippen LogP contribution in [0, 0.1) is 20.8 Å². The molecular formula is C18H22N6O. The van der Waals surface area contributed by atoms with E-state index < -0.39 is 0 Å². The first-order valence-corrected chi connectivity index (χ1v) is 8.53. The molecule has 0 radical (unpaired) electrons. The fourth-order valence-electron chi connectivity index (χ4n) is 3.26. The molecule has 0 aromatic carbocycles. The third-order valence-corrected chi connectivity index (χ3v) is 4.53. The molecular weight excluding hydrogens is 316 g/mol. The Hall–Kier alpha value is -2.38.